The Bertz CT molecular complexity index is 1250. The Hall–Kier alpha value is -3.50. The summed E-state index contributed by atoms with van der Waals surface area (Å²) in [4.78, 5) is 59.9. The van der Waals surface area contributed by atoms with Crippen LogP contribution >= 0.6 is 0 Å². The van der Waals surface area contributed by atoms with Gasteiger partial charge in [0.25, 0.3) is 0 Å². The number of ether oxygens (including phenoxy) is 2. The molecule has 0 aromatic heterocycles. The van der Waals surface area contributed by atoms with E-state index in [1.807, 2.05) is 57.2 Å². The minimum absolute atomic E-state index is 0.0600. The fraction of sp³-hybridized carbons (Fsp3) is 0.548. The molecule has 7 atom stereocenters. The Kier molecular flexibility index (Phi) is 8.07. The highest BCUT2D eigenvalue weighted by Crippen LogP contribution is 2.53. The molecular weight excluding hydrogens is 526 g/mol. The lowest BCUT2D eigenvalue weighted by molar-refractivity contribution is -0.164. The maximum atomic E-state index is 14.2. The van der Waals surface area contributed by atoms with Crippen molar-refractivity contribution in [3.63, 3.8) is 0 Å². The Balaban J connectivity index is 1.61. The molecule has 41 heavy (non-hydrogen) atoms. The van der Waals surface area contributed by atoms with Crippen LogP contribution in [0.5, 0.6) is 0 Å². The molecule has 1 spiro atoms. The molecule has 4 aliphatic heterocycles. The molecule has 4 aliphatic rings. The molecular formula is C31H39N3O7. The lowest BCUT2D eigenvalue weighted by atomic mass is 9.77. The van der Waals surface area contributed by atoms with Crippen molar-refractivity contribution in [2.45, 2.75) is 69.5 Å². The van der Waals surface area contributed by atoms with E-state index < -0.39 is 53.6 Å². The van der Waals surface area contributed by atoms with Gasteiger partial charge in [0.1, 0.15) is 23.7 Å². The van der Waals surface area contributed by atoms with E-state index in [0.29, 0.717) is 13.0 Å². The van der Waals surface area contributed by atoms with Crippen LogP contribution in [0.3, 0.4) is 0 Å². The van der Waals surface area contributed by atoms with Crippen LogP contribution < -0.4 is 0 Å². The van der Waals surface area contributed by atoms with Crippen LogP contribution in [0.4, 0.5) is 0 Å². The van der Waals surface area contributed by atoms with E-state index in [2.05, 4.69) is 0 Å². The molecule has 5 rings (SSSR count). The highest BCUT2D eigenvalue weighted by Gasteiger charge is 2.71. The van der Waals surface area contributed by atoms with E-state index in [9.17, 15) is 24.3 Å². The minimum Gasteiger partial charge on any atom is -0.455 e. The van der Waals surface area contributed by atoms with Gasteiger partial charge in [-0.2, -0.15) is 0 Å². The molecule has 220 valence electrons. The molecule has 0 radical (unpaired) electrons. The molecule has 0 aliphatic carbocycles. The minimum atomic E-state index is -1.41. The van der Waals surface area contributed by atoms with Gasteiger partial charge in [-0.15, -0.1) is 0 Å². The van der Waals surface area contributed by atoms with Crippen molar-refractivity contribution in [2.75, 3.05) is 26.7 Å². The average molecular weight is 566 g/mol. The third-order valence-electron chi connectivity index (χ3n) is 8.93. The number of amides is 3. The zero-order valence-corrected chi connectivity index (χ0v) is 24.0. The lowest BCUT2D eigenvalue weighted by Gasteiger charge is -2.36. The number of cyclic esters (lactones) is 1. The second-order valence-electron chi connectivity index (χ2n) is 11.6. The number of rotatable bonds is 4. The average Bonchev–Trinajstić information content (AvgIpc) is 3.33. The molecule has 0 bridgehead atoms. The summed E-state index contributed by atoms with van der Waals surface area (Å²) in [6.45, 7) is 5.58. The van der Waals surface area contributed by atoms with Crippen molar-refractivity contribution in [3.8, 4) is 0 Å². The Morgan fingerprint density at radius 2 is 1.80 bits per heavy atom. The summed E-state index contributed by atoms with van der Waals surface area (Å²) in [7, 11) is 1.70. The van der Waals surface area contributed by atoms with Gasteiger partial charge in [0, 0.05) is 32.6 Å². The maximum Gasteiger partial charge on any atom is 0.313 e. The summed E-state index contributed by atoms with van der Waals surface area (Å²) in [5.41, 5.74) is -0.688. The number of carbonyl (C=O) groups is 4. The van der Waals surface area contributed by atoms with Crippen molar-refractivity contribution in [2.24, 2.45) is 11.8 Å². The number of likely N-dealkylation sites (N-methyl/N-ethyl adjacent to an activating group) is 1. The topological polar surface area (TPSA) is 117 Å². The van der Waals surface area contributed by atoms with Crippen LogP contribution in [0.15, 0.2) is 54.6 Å². The predicted octanol–water partition coefficient (Wildman–Crippen LogP) is 1.85. The summed E-state index contributed by atoms with van der Waals surface area (Å²) in [5, 5.41) is 9.84. The summed E-state index contributed by atoms with van der Waals surface area (Å²) in [6, 6.07) is 7.58. The maximum absolute atomic E-state index is 14.2. The number of hydrogen-bond donors (Lipinski definition) is 1. The fourth-order valence-electron chi connectivity index (χ4n) is 6.72. The number of aliphatic hydroxyl groups is 1. The molecule has 3 amide bonds. The monoisotopic (exact) mass is 565 g/mol. The first-order chi connectivity index (χ1) is 19.6. The molecule has 0 unspecified atom stereocenters. The van der Waals surface area contributed by atoms with Crippen molar-refractivity contribution in [3.05, 3.63) is 60.2 Å². The standard InChI is InChI=1S/C31H39N3O7/c1-19(2)33-16-10-15-31-25(28(37)34(17-18-35)27(31)29(33)38)24-22(41-31)13-8-9-14-23(36)32(4)20(3)26(40-30(24)39)21-11-6-5-7-12-21/h5-8,10-13,15,19-20,22,24-27,35H,9,14,16-18H2,1-4H3/b13-8-/t20-,22-,24+,25+,26+,27-,31+/m0/s1. The van der Waals surface area contributed by atoms with Gasteiger partial charge >= 0.3 is 5.97 Å². The summed E-state index contributed by atoms with van der Waals surface area (Å²) in [6.07, 6.45) is 6.15. The first kappa shape index (κ1) is 29.0. The number of aliphatic hydroxyl groups excluding tert-OH is 1. The number of carbonyl (C=O) groups excluding carboxylic acids is 4. The van der Waals surface area contributed by atoms with Gasteiger partial charge < -0.3 is 29.3 Å². The van der Waals surface area contributed by atoms with E-state index >= 15 is 0 Å². The highest BCUT2D eigenvalue weighted by molar-refractivity contribution is 5.99. The molecule has 0 saturated carbocycles. The van der Waals surface area contributed by atoms with Gasteiger partial charge in [-0.1, -0.05) is 54.6 Å². The third-order valence-corrected chi connectivity index (χ3v) is 8.93. The fourth-order valence-corrected chi connectivity index (χ4v) is 6.72. The van der Waals surface area contributed by atoms with Gasteiger partial charge in [0.05, 0.1) is 24.7 Å². The van der Waals surface area contributed by atoms with E-state index in [4.69, 9.17) is 9.47 Å². The van der Waals surface area contributed by atoms with Gasteiger partial charge in [-0.3, -0.25) is 19.2 Å². The smallest absolute Gasteiger partial charge is 0.313 e. The van der Waals surface area contributed by atoms with E-state index in [1.54, 1.807) is 35.1 Å². The molecule has 2 fully saturated rings. The zero-order chi connectivity index (χ0) is 29.5. The van der Waals surface area contributed by atoms with Crippen LogP contribution in [0.25, 0.3) is 0 Å². The largest absolute Gasteiger partial charge is 0.455 e. The van der Waals surface area contributed by atoms with Crippen LogP contribution in [-0.2, 0) is 28.7 Å². The second-order valence-corrected chi connectivity index (χ2v) is 11.6. The number of β-amino-alcohol motifs (C(OH)–C–C–N with tert-alkyl or cyclic N) is 1. The number of nitrogens with zero attached hydrogens (tertiary/aromatic N) is 3. The number of esters is 1. The van der Waals surface area contributed by atoms with Crippen molar-refractivity contribution in [1.82, 2.24) is 14.7 Å². The zero-order valence-electron chi connectivity index (χ0n) is 24.0. The molecule has 4 heterocycles. The van der Waals surface area contributed by atoms with E-state index in [-0.39, 0.29) is 37.4 Å². The van der Waals surface area contributed by atoms with Gasteiger partial charge in [-0.25, -0.2) is 0 Å². The first-order valence-corrected chi connectivity index (χ1v) is 14.4. The van der Waals surface area contributed by atoms with Crippen molar-refractivity contribution < 1.29 is 33.8 Å². The molecule has 1 N–H and O–H groups in total. The van der Waals surface area contributed by atoms with E-state index in [0.717, 1.165) is 5.56 Å². The normalized spacial score (nSPS) is 34.9. The number of likely N-dealkylation sites (tertiary alicyclic amines) is 1. The molecule has 2 saturated heterocycles. The molecule has 10 heteroatoms. The Labute approximate surface area is 240 Å². The summed E-state index contributed by atoms with van der Waals surface area (Å²) in [5.74, 6) is -3.48. The van der Waals surface area contributed by atoms with E-state index in [1.165, 1.54) is 4.90 Å². The lowest BCUT2D eigenvalue weighted by Crippen LogP contribution is -2.56. The number of fused-ring (bicyclic) bond motifs is 2. The van der Waals surface area contributed by atoms with Crippen LogP contribution in [0.2, 0.25) is 0 Å². The quantitative estimate of drug-likeness (QED) is 0.438. The molecule has 1 aromatic rings. The van der Waals surface area contributed by atoms with Gasteiger partial charge in [0.2, 0.25) is 17.7 Å². The molecule has 1 aromatic carbocycles. The Morgan fingerprint density at radius 3 is 2.49 bits per heavy atom. The van der Waals surface area contributed by atoms with Crippen molar-refractivity contribution >= 4 is 23.7 Å². The van der Waals surface area contributed by atoms with Crippen LogP contribution in [0, 0.1) is 11.8 Å². The summed E-state index contributed by atoms with van der Waals surface area (Å²) >= 11 is 0. The van der Waals surface area contributed by atoms with Crippen LogP contribution in [0.1, 0.15) is 45.3 Å². The predicted molar refractivity (Wildman–Crippen MR) is 149 cm³/mol. The number of hydrogen-bond acceptors (Lipinski definition) is 7. The third kappa shape index (κ3) is 4.86. The van der Waals surface area contributed by atoms with Crippen molar-refractivity contribution in [1.29, 1.82) is 0 Å². The second kappa shape index (κ2) is 11.4. The van der Waals surface area contributed by atoms with Gasteiger partial charge in [0.15, 0.2) is 0 Å². The summed E-state index contributed by atoms with van der Waals surface area (Å²) < 4.78 is 12.8. The Morgan fingerprint density at radius 1 is 1.07 bits per heavy atom. The SMILES string of the molecule is CC(C)N1CC=C[C@@]23O[C@H]4/C=C\CCC(=O)N(C)[C@@H](C)[C@H](c5ccccc5)OC(=O)[C@H]4[C@@H]2C(=O)N(CCO)[C@H]3C1=O. The first-order valence-electron chi connectivity index (χ1n) is 14.4. The number of benzene rings is 1. The highest BCUT2D eigenvalue weighted by atomic mass is 16.6. The van der Waals surface area contributed by atoms with Crippen LogP contribution in [-0.4, -0.2) is 100 Å². The van der Waals surface area contributed by atoms with Gasteiger partial charge in [-0.05, 0) is 32.8 Å². The number of allylic oxidation sites excluding steroid dienone is 1. The molecule has 10 nitrogen and oxygen atoms in total.